The van der Waals surface area contributed by atoms with Crippen LogP contribution in [0.4, 0.5) is 0 Å². The molecule has 2 unspecified atom stereocenters. The molecule has 0 heterocycles. The van der Waals surface area contributed by atoms with Crippen LogP contribution in [0.3, 0.4) is 0 Å². The Morgan fingerprint density at radius 1 is 1.70 bits per heavy atom. The number of nitrogens with two attached hydrogens (primary N) is 1. The smallest absolute Gasteiger partial charge is 0.0258 e. The van der Waals surface area contributed by atoms with Crippen LogP contribution in [-0.2, 0) is 0 Å². The van der Waals surface area contributed by atoms with Gasteiger partial charge in [0.15, 0.2) is 0 Å². The first-order chi connectivity index (χ1) is 4.68. The van der Waals surface area contributed by atoms with E-state index >= 15 is 0 Å². The molecule has 0 bridgehead atoms. The molecule has 0 amide bonds. The van der Waals surface area contributed by atoms with Gasteiger partial charge in [-0.05, 0) is 26.2 Å². The summed E-state index contributed by atoms with van der Waals surface area (Å²) in [5.41, 5.74) is 5.68. The predicted octanol–water partition coefficient (Wildman–Crippen LogP) is 2.49. The van der Waals surface area contributed by atoms with Crippen molar-refractivity contribution in [3.8, 4) is 0 Å². The van der Waals surface area contributed by atoms with Crippen LogP contribution < -0.4 is 5.73 Å². The van der Waals surface area contributed by atoms with Gasteiger partial charge in [0.1, 0.15) is 0 Å². The molecule has 60 valence electrons. The van der Waals surface area contributed by atoms with Gasteiger partial charge < -0.3 is 5.73 Å². The quantitative estimate of drug-likeness (QED) is 0.346. The Morgan fingerprint density at radius 2 is 2.30 bits per heavy atom. The summed E-state index contributed by atoms with van der Waals surface area (Å²) in [4.78, 5) is 0. The number of halogens is 1. The van der Waals surface area contributed by atoms with Crippen LogP contribution in [0.15, 0.2) is 12.7 Å². The Bertz CT molecular complexity index is 91.3. The van der Waals surface area contributed by atoms with Gasteiger partial charge in [-0.1, -0.05) is 28.7 Å². The predicted molar refractivity (Wildman–Crippen MR) is 55.5 cm³/mol. The second-order valence-electron chi connectivity index (χ2n) is 2.59. The molecule has 0 aliphatic heterocycles. The summed E-state index contributed by atoms with van der Waals surface area (Å²) in [6.07, 6.45) is 5.51. The van der Waals surface area contributed by atoms with Gasteiger partial charge in [-0.2, -0.15) is 0 Å². The van der Waals surface area contributed by atoms with Gasteiger partial charge in [0, 0.05) is 9.97 Å². The maximum atomic E-state index is 5.68. The van der Waals surface area contributed by atoms with Crippen molar-refractivity contribution in [3.05, 3.63) is 12.7 Å². The van der Waals surface area contributed by atoms with Gasteiger partial charge in [-0.3, -0.25) is 0 Å². The molecule has 0 saturated carbocycles. The van der Waals surface area contributed by atoms with Gasteiger partial charge in [0.25, 0.3) is 0 Å². The second kappa shape index (κ2) is 6.16. The lowest BCUT2D eigenvalue weighted by molar-refractivity contribution is 0.636. The molecule has 2 N–H and O–H groups in total. The Kier molecular flexibility index (Phi) is 6.43. The van der Waals surface area contributed by atoms with Crippen LogP contribution in [0.2, 0.25) is 0 Å². The van der Waals surface area contributed by atoms with E-state index in [9.17, 15) is 0 Å². The van der Waals surface area contributed by atoms with E-state index in [2.05, 4.69) is 36.1 Å². The molecular weight excluding hydrogens is 237 g/mol. The Hall–Kier alpha value is 0.430. The topological polar surface area (TPSA) is 26.0 Å². The van der Waals surface area contributed by atoms with Gasteiger partial charge in [0.05, 0.1) is 0 Å². The SMILES string of the molecule is C=CCCCC(I)C(C)N. The second-order valence-corrected chi connectivity index (χ2v) is 4.19. The number of hydrogen-bond donors (Lipinski definition) is 1. The molecule has 0 aliphatic carbocycles. The number of alkyl halides is 1. The van der Waals surface area contributed by atoms with Crippen LogP contribution in [0.5, 0.6) is 0 Å². The van der Waals surface area contributed by atoms with E-state index in [0.29, 0.717) is 9.97 Å². The lowest BCUT2D eigenvalue weighted by Gasteiger charge is -2.12. The van der Waals surface area contributed by atoms with E-state index in [0.717, 1.165) is 6.42 Å². The molecule has 2 heteroatoms. The first kappa shape index (κ1) is 10.4. The number of allylic oxidation sites excluding steroid dienone is 1. The third kappa shape index (κ3) is 5.23. The lowest BCUT2D eigenvalue weighted by atomic mass is 10.1. The summed E-state index contributed by atoms with van der Waals surface area (Å²) in [6.45, 7) is 5.73. The first-order valence-corrected chi connectivity index (χ1v) is 4.93. The summed E-state index contributed by atoms with van der Waals surface area (Å²) in [5, 5.41) is 0. The summed E-state index contributed by atoms with van der Waals surface area (Å²) in [7, 11) is 0. The molecule has 1 nitrogen and oxygen atoms in total. The maximum absolute atomic E-state index is 5.68. The highest BCUT2D eigenvalue weighted by Crippen LogP contribution is 2.12. The van der Waals surface area contributed by atoms with Gasteiger partial charge in [-0.25, -0.2) is 0 Å². The van der Waals surface area contributed by atoms with E-state index < -0.39 is 0 Å². The van der Waals surface area contributed by atoms with Crippen molar-refractivity contribution in [1.82, 2.24) is 0 Å². The maximum Gasteiger partial charge on any atom is 0.0258 e. The highest BCUT2D eigenvalue weighted by molar-refractivity contribution is 14.1. The van der Waals surface area contributed by atoms with Crippen LogP contribution >= 0.6 is 22.6 Å². The summed E-state index contributed by atoms with van der Waals surface area (Å²) < 4.78 is 0.623. The van der Waals surface area contributed by atoms with E-state index in [1.807, 2.05) is 6.08 Å². The van der Waals surface area contributed by atoms with E-state index in [4.69, 9.17) is 5.73 Å². The Balaban J connectivity index is 3.21. The van der Waals surface area contributed by atoms with Gasteiger partial charge in [-0.15, -0.1) is 6.58 Å². The Morgan fingerprint density at radius 3 is 2.70 bits per heavy atom. The zero-order valence-corrected chi connectivity index (χ0v) is 8.67. The molecule has 0 aromatic rings. The first-order valence-electron chi connectivity index (χ1n) is 3.69. The minimum absolute atomic E-state index is 0.324. The van der Waals surface area contributed by atoms with Crippen molar-refractivity contribution in [1.29, 1.82) is 0 Å². The summed E-state index contributed by atoms with van der Waals surface area (Å²) in [5.74, 6) is 0. The molecule has 0 spiro atoms. The van der Waals surface area contributed by atoms with Crippen LogP contribution in [0.1, 0.15) is 26.2 Å². The zero-order valence-electron chi connectivity index (χ0n) is 6.52. The van der Waals surface area contributed by atoms with E-state index in [1.165, 1.54) is 12.8 Å². The van der Waals surface area contributed by atoms with Crippen molar-refractivity contribution in [2.75, 3.05) is 0 Å². The van der Waals surface area contributed by atoms with Crippen molar-refractivity contribution >= 4 is 22.6 Å². The molecule has 0 saturated heterocycles. The minimum Gasteiger partial charge on any atom is -0.327 e. The molecule has 0 rings (SSSR count). The number of unbranched alkanes of at least 4 members (excludes halogenated alkanes) is 1. The standard InChI is InChI=1S/C8H16IN/c1-3-4-5-6-8(9)7(2)10/h3,7-8H,1,4-6,10H2,2H3. The molecular formula is C8H16IN. The minimum atomic E-state index is 0.324. The van der Waals surface area contributed by atoms with Crippen molar-refractivity contribution < 1.29 is 0 Å². The molecule has 0 radical (unpaired) electrons. The monoisotopic (exact) mass is 253 g/mol. The van der Waals surface area contributed by atoms with Crippen LogP contribution in [0, 0.1) is 0 Å². The van der Waals surface area contributed by atoms with Gasteiger partial charge in [0.2, 0.25) is 0 Å². The highest BCUT2D eigenvalue weighted by Gasteiger charge is 2.07. The van der Waals surface area contributed by atoms with Crippen molar-refractivity contribution in [3.63, 3.8) is 0 Å². The van der Waals surface area contributed by atoms with Gasteiger partial charge >= 0.3 is 0 Å². The molecule has 0 fully saturated rings. The molecule has 0 aliphatic rings. The fourth-order valence-electron chi connectivity index (χ4n) is 0.720. The highest BCUT2D eigenvalue weighted by atomic mass is 127. The fraction of sp³-hybridized carbons (Fsp3) is 0.750. The lowest BCUT2D eigenvalue weighted by Crippen LogP contribution is -2.26. The molecule has 0 aromatic heterocycles. The largest absolute Gasteiger partial charge is 0.327 e. The van der Waals surface area contributed by atoms with Crippen molar-refractivity contribution in [2.24, 2.45) is 5.73 Å². The fourth-order valence-corrected chi connectivity index (χ4v) is 1.16. The number of rotatable bonds is 5. The normalized spacial score (nSPS) is 16.3. The average molecular weight is 253 g/mol. The summed E-state index contributed by atoms with van der Waals surface area (Å²) >= 11 is 2.41. The zero-order chi connectivity index (χ0) is 7.98. The third-order valence-corrected chi connectivity index (χ3v) is 3.22. The molecule has 10 heavy (non-hydrogen) atoms. The van der Waals surface area contributed by atoms with Crippen molar-refractivity contribution in [2.45, 2.75) is 36.2 Å². The van der Waals surface area contributed by atoms with Crippen LogP contribution in [-0.4, -0.2) is 9.97 Å². The number of hydrogen-bond acceptors (Lipinski definition) is 1. The molecule has 2 atom stereocenters. The average Bonchev–Trinajstić information content (AvgIpc) is 1.88. The Labute approximate surface area is 77.2 Å². The molecule has 0 aromatic carbocycles. The summed E-state index contributed by atoms with van der Waals surface area (Å²) in [6, 6.07) is 0.324. The van der Waals surface area contributed by atoms with E-state index in [-0.39, 0.29) is 0 Å². The van der Waals surface area contributed by atoms with Crippen LogP contribution in [0.25, 0.3) is 0 Å². The third-order valence-electron chi connectivity index (χ3n) is 1.46. The van der Waals surface area contributed by atoms with E-state index in [1.54, 1.807) is 0 Å².